The van der Waals surface area contributed by atoms with Crippen LogP contribution in [-0.4, -0.2) is 52.1 Å². The van der Waals surface area contributed by atoms with E-state index in [0.29, 0.717) is 17.0 Å². The Morgan fingerprint density at radius 3 is 2.77 bits per heavy atom. The number of H-pyrrole nitrogens is 1. The van der Waals surface area contributed by atoms with E-state index in [0.717, 1.165) is 56.0 Å². The number of hydrogen-bond donors (Lipinski definition) is 1. The minimum absolute atomic E-state index is 0.0801. The molecule has 1 unspecified atom stereocenters. The van der Waals surface area contributed by atoms with Gasteiger partial charge < -0.3 is 9.88 Å². The van der Waals surface area contributed by atoms with Crippen molar-refractivity contribution in [2.45, 2.75) is 18.9 Å². The van der Waals surface area contributed by atoms with E-state index in [1.165, 1.54) is 5.57 Å². The van der Waals surface area contributed by atoms with E-state index in [-0.39, 0.29) is 5.56 Å². The molecule has 1 fully saturated rings. The first-order valence-electron chi connectivity index (χ1n) is 10.3. The van der Waals surface area contributed by atoms with Crippen LogP contribution in [0.1, 0.15) is 24.1 Å². The molecule has 0 spiro atoms. The maximum absolute atomic E-state index is 12.4. The minimum Gasteiger partial charge on any atom is -0.354 e. The number of nitriles is 1. The molecule has 3 aromatic rings. The molecule has 4 heterocycles. The molecule has 1 aliphatic carbocycles. The van der Waals surface area contributed by atoms with Gasteiger partial charge in [0.2, 0.25) is 0 Å². The summed E-state index contributed by atoms with van der Waals surface area (Å²) in [6, 6.07) is 11.8. The van der Waals surface area contributed by atoms with Crippen LogP contribution in [0.15, 0.2) is 53.6 Å². The molecule has 7 nitrogen and oxygen atoms in total. The van der Waals surface area contributed by atoms with Gasteiger partial charge >= 0.3 is 0 Å². The molecule has 1 atom stereocenters. The van der Waals surface area contributed by atoms with E-state index >= 15 is 0 Å². The van der Waals surface area contributed by atoms with Crippen LogP contribution in [0.3, 0.4) is 0 Å². The van der Waals surface area contributed by atoms with E-state index in [9.17, 15) is 4.79 Å². The largest absolute Gasteiger partial charge is 0.354 e. The standard InChI is InChI=1S/C23H22N6O/c24-14-16-3-6-22(26-15-16)29-10-8-28(9-11-29)18-5-4-17(12-18)20-13-21-19(23(30)27-20)2-1-7-25-21/h1-3,6-7,12-13,15,18H,4-5,8-11H2,(H,27,30). The third-order valence-corrected chi connectivity index (χ3v) is 6.05. The lowest BCUT2D eigenvalue weighted by molar-refractivity contribution is 0.214. The Morgan fingerprint density at radius 2 is 2.00 bits per heavy atom. The van der Waals surface area contributed by atoms with Crippen molar-refractivity contribution in [3.05, 3.63) is 70.4 Å². The zero-order valence-electron chi connectivity index (χ0n) is 16.6. The highest BCUT2D eigenvalue weighted by atomic mass is 16.1. The van der Waals surface area contributed by atoms with Crippen molar-refractivity contribution >= 4 is 22.3 Å². The number of fused-ring (bicyclic) bond motifs is 1. The zero-order valence-corrected chi connectivity index (χ0v) is 16.6. The molecule has 30 heavy (non-hydrogen) atoms. The molecule has 3 aromatic heterocycles. The molecular weight excluding hydrogens is 376 g/mol. The van der Waals surface area contributed by atoms with Gasteiger partial charge in [-0.25, -0.2) is 4.98 Å². The fourth-order valence-electron chi connectivity index (χ4n) is 4.40. The fraction of sp³-hybridized carbons (Fsp3) is 0.304. The van der Waals surface area contributed by atoms with Gasteiger partial charge in [-0.2, -0.15) is 5.26 Å². The van der Waals surface area contributed by atoms with Crippen LogP contribution in [0.25, 0.3) is 16.5 Å². The first-order valence-corrected chi connectivity index (χ1v) is 10.3. The number of pyridine rings is 3. The molecule has 1 N–H and O–H groups in total. The van der Waals surface area contributed by atoms with Crippen molar-refractivity contribution in [2.75, 3.05) is 31.1 Å². The van der Waals surface area contributed by atoms with Gasteiger partial charge in [-0.1, -0.05) is 6.08 Å². The summed E-state index contributed by atoms with van der Waals surface area (Å²) in [5.41, 5.74) is 3.32. The molecule has 0 aromatic carbocycles. The SMILES string of the molecule is N#Cc1ccc(N2CCN(C3C=C(c4cc5ncccc5c(=O)[nH]4)CC3)CC2)nc1. The lowest BCUT2D eigenvalue weighted by Gasteiger charge is -2.38. The Morgan fingerprint density at radius 1 is 1.13 bits per heavy atom. The van der Waals surface area contributed by atoms with Gasteiger partial charge in [0.1, 0.15) is 11.9 Å². The van der Waals surface area contributed by atoms with Crippen molar-refractivity contribution in [1.82, 2.24) is 19.9 Å². The fourth-order valence-corrected chi connectivity index (χ4v) is 4.40. The molecule has 7 heteroatoms. The Balaban J connectivity index is 1.28. The normalized spacial score (nSPS) is 19.6. The van der Waals surface area contributed by atoms with Gasteiger partial charge in [0.05, 0.1) is 16.5 Å². The molecule has 0 bridgehead atoms. The van der Waals surface area contributed by atoms with E-state index in [1.54, 1.807) is 24.5 Å². The topological polar surface area (TPSA) is 88.9 Å². The third-order valence-electron chi connectivity index (χ3n) is 6.05. The summed E-state index contributed by atoms with van der Waals surface area (Å²) in [5, 5.41) is 9.56. The van der Waals surface area contributed by atoms with Gasteiger partial charge in [0.15, 0.2) is 0 Å². The molecule has 5 rings (SSSR count). The Bertz CT molecular complexity index is 1200. The Kier molecular flexibility index (Phi) is 4.77. The van der Waals surface area contributed by atoms with Crippen LogP contribution in [0, 0.1) is 11.3 Å². The summed E-state index contributed by atoms with van der Waals surface area (Å²) in [6.45, 7) is 3.75. The van der Waals surface area contributed by atoms with Crippen LogP contribution in [0.2, 0.25) is 0 Å². The van der Waals surface area contributed by atoms with E-state index in [2.05, 4.69) is 36.9 Å². The number of rotatable bonds is 3. The second-order valence-corrected chi connectivity index (χ2v) is 7.79. The monoisotopic (exact) mass is 398 g/mol. The predicted octanol–water partition coefficient (Wildman–Crippen LogP) is 2.56. The average Bonchev–Trinajstić information content (AvgIpc) is 3.30. The second kappa shape index (κ2) is 7.73. The van der Waals surface area contributed by atoms with Crippen LogP contribution < -0.4 is 10.5 Å². The van der Waals surface area contributed by atoms with Gasteiger partial charge in [0.25, 0.3) is 5.56 Å². The summed E-state index contributed by atoms with van der Waals surface area (Å²) in [7, 11) is 0. The highest BCUT2D eigenvalue weighted by Gasteiger charge is 2.27. The minimum atomic E-state index is -0.0801. The molecule has 0 saturated carbocycles. The number of piperazine rings is 1. The van der Waals surface area contributed by atoms with Crippen molar-refractivity contribution in [3.8, 4) is 6.07 Å². The van der Waals surface area contributed by atoms with Crippen LogP contribution in [-0.2, 0) is 0 Å². The van der Waals surface area contributed by atoms with Crippen molar-refractivity contribution < 1.29 is 0 Å². The molecule has 0 amide bonds. The van der Waals surface area contributed by atoms with Crippen molar-refractivity contribution in [3.63, 3.8) is 0 Å². The smallest absolute Gasteiger partial charge is 0.257 e. The number of hydrogen-bond acceptors (Lipinski definition) is 6. The molecule has 150 valence electrons. The van der Waals surface area contributed by atoms with Crippen LogP contribution >= 0.6 is 0 Å². The number of aromatic nitrogens is 3. The number of nitrogens with one attached hydrogen (secondary N) is 1. The molecule has 0 radical (unpaired) electrons. The average molecular weight is 398 g/mol. The van der Waals surface area contributed by atoms with Crippen molar-refractivity contribution in [2.24, 2.45) is 0 Å². The maximum Gasteiger partial charge on any atom is 0.257 e. The predicted molar refractivity (Wildman–Crippen MR) is 116 cm³/mol. The molecule has 2 aliphatic rings. The van der Waals surface area contributed by atoms with Crippen LogP contribution in [0.5, 0.6) is 0 Å². The van der Waals surface area contributed by atoms with E-state index in [1.807, 2.05) is 18.2 Å². The molecule has 1 saturated heterocycles. The summed E-state index contributed by atoms with van der Waals surface area (Å²) in [4.78, 5) is 29.0. The third kappa shape index (κ3) is 3.46. The van der Waals surface area contributed by atoms with Gasteiger partial charge in [0, 0.05) is 50.3 Å². The van der Waals surface area contributed by atoms with Crippen LogP contribution in [0.4, 0.5) is 5.82 Å². The summed E-state index contributed by atoms with van der Waals surface area (Å²) in [6.07, 6.45) is 7.67. The highest BCUT2D eigenvalue weighted by molar-refractivity contribution is 5.81. The van der Waals surface area contributed by atoms with E-state index < -0.39 is 0 Å². The quantitative estimate of drug-likeness (QED) is 0.729. The lowest BCUT2D eigenvalue weighted by atomic mass is 10.1. The summed E-state index contributed by atoms with van der Waals surface area (Å²) >= 11 is 0. The Hall–Kier alpha value is -3.50. The number of anilines is 1. The van der Waals surface area contributed by atoms with Gasteiger partial charge in [-0.05, 0) is 48.7 Å². The van der Waals surface area contributed by atoms with E-state index in [4.69, 9.17) is 5.26 Å². The first-order chi connectivity index (χ1) is 14.7. The second-order valence-electron chi connectivity index (χ2n) is 7.79. The molecular formula is C23H22N6O. The zero-order chi connectivity index (χ0) is 20.5. The van der Waals surface area contributed by atoms with Gasteiger partial charge in [-0.15, -0.1) is 0 Å². The maximum atomic E-state index is 12.4. The highest BCUT2D eigenvalue weighted by Crippen LogP contribution is 2.30. The summed E-state index contributed by atoms with van der Waals surface area (Å²) in [5.74, 6) is 0.928. The van der Waals surface area contributed by atoms with Gasteiger partial charge in [-0.3, -0.25) is 14.7 Å². The van der Waals surface area contributed by atoms with Crippen molar-refractivity contribution in [1.29, 1.82) is 5.26 Å². The summed E-state index contributed by atoms with van der Waals surface area (Å²) < 4.78 is 0. The first kappa shape index (κ1) is 18.5. The number of aromatic amines is 1. The number of allylic oxidation sites excluding steroid dienone is 1. The Labute approximate surface area is 174 Å². The lowest BCUT2D eigenvalue weighted by Crippen LogP contribution is -2.49. The number of nitrogens with zero attached hydrogens (tertiary/aromatic N) is 5. The molecule has 1 aliphatic heterocycles.